The van der Waals surface area contributed by atoms with E-state index in [1.165, 1.54) is 0 Å². The van der Waals surface area contributed by atoms with Crippen molar-refractivity contribution >= 4 is 21.6 Å². The van der Waals surface area contributed by atoms with E-state index in [1.54, 1.807) is 29.4 Å². The molecule has 6 heteroatoms. The van der Waals surface area contributed by atoms with Gasteiger partial charge in [-0.05, 0) is 37.5 Å². The Morgan fingerprint density at radius 2 is 2.05 bits per heavy atom. The van der Waals surface area contributed by atoms with Gasteiger partial charge >= 0.3 is 0 Å². The van der Waals surface area contributed by atoms with E-state index in [1.807, 2.05) is 6.92 Å². The molecule has 4 nitrogen and oxygen atoms in total. The van der Waals surface area contributed by atoms with Crippen molar-refractivity contribution in [3.63, 3.8) is 0 Å². The summed E-state index contributed by atoms with van der Waals surface area (Å²) in [6.07, 6.45) is 1.71. The molecule has 0 aliphatic carbocycles. The Kier molecular flexibility index (Phi) is 5.30. The molecular formula is C15H23ClN2O2S. The highest BCUT2D eigenvalue weighted by Gasteiger charge is 2.36. The van der Waals surface area contributed by atoms with Crippen LogP contribution in [0, 0.1) is 6.92 Å². The first-order valence-electron chi connectivity index (χ1n) is 7.42. The van der Waals surface area contributed by atoms with Gasteiger partial charge in [-0.3, -0.25) is 0 Å². The molecule has 2 rings (SSSR count). The number of hydrogen-bond acceptors (Lipinski definition) is 3. The highest BCUT2D eigenvalue weighted by molar-refractivity contribution is 7.89. The van der Waals surface area contributed by atoms with Gasteiger partial charge in [0.15, 0.2) is 0 Å². The summed E-state index contributed by atoms with van der Waals surface area (Å²) >= 11 is 6.09. The second-order valence-corrected chi connectivity index (χ2v) is 7.78. The molecule has 1 saturated heterocycles. The van der Waals surface area contributed by atoms with Crippen LogP contribution in [0.2, 0.25) is 5.02 Å². The minimum Gasteiger partial charge on any atom is -0.311 e. The first-order chi connectivity index (χ1) is 9.91. The Morgan fingerprint density at radius 3 is 2.67 bits per heavy atom. The molecule has 2 atom stereocenters. The largest absolute Gasteiger partial charge is 0.311 e. The molecule has 1 fully saturated rings. The molecule has 1 aromatic rings. The van der Waals surface area contributed by atoms with Crippen molar-refractivity contribution in [3.8, 4) is 0 Å². The molecule has 1 aliphatic rings. The van der Waals surface area contributed by atoms with Crippen molar-refractivity contribution in [1.29, 1.82) is 0 Å². The number of sulfonamides is 1. The number of nitrogens with one attached hydrogen (secondary N) is 1. The van der Waals surface area contributed by atoms with Crippen molar-refractivity contribution in [1.82, 2.24) is 9.62 Å². The SMILES string of the molecule is CCC1CN(S(=O)(=O)c2cccc(Cl)c2C)C(CC)CN1. The van der Waals surface area contributed by atoms with Gasteiger partial charge in [0, 0.05) is 30.2 Å². The lowest BCUT2D eigenvalue weighted by Gasteiger charge is -2.39. The fourth-order valence-electron chi connectivity index (χ4n) is 2.74. The molecule has 21 heavy (non-hydrogen) atoms. The Labute approximate surface area is 132 Å². The van der Waals surface area contributed by atoms with Crippen LogP contribution in [0.4, 0.5) is 0 Å². The molecule has 0 radical (unpaired) electrons. The number of benzene rings is 1. The van der Waals surface area contributed by atoms with Crippen LogP contribution in [-0.4, -0.2) is 37.9 Å². The number of nitrogens with zero attached hydrogens (tertiary/aromatic N) is 1. The summed E-state index contributed by atoms with van der Waals surface area (Å²) in [6.45, 7) is 7.07. The Bertz CT molecular complexity index is 604. The lowest BCUT2D eigenvalue weighted by Crippen LogP contribution is -2.57. The molecule has 1 aliphatic heterocycles. The van der Waals surface area contributed by atoms with Gasteiger partial charge < -0.3 is 5.32 Å². The van der Waals surface area contributed by atoms with E-state index < -0.39 is 10.0 Å². The van der Waals surface area contributed by atoms with Crippen molar-refractivity contribution < 1.29 is 8.42 Å². The standard InChI is InChI=1S/C15H23ClN2O2S/c1-4-12-10-18(13(5-2)9-17-12)21(19,20)15-8-6-7-14(16)11(15)3/h6-8,12-13,17H,4-5,9-10H2,1-3H3. The van der Waals surface area contributed by atoms with E-state index >= 15 is 0 Å². The van der Waals surface area contributed by atoms with Crippen LogP contribution in [0.25, 0.3) is 0 Å². The van der Waals surface area contributed by atoms with Gasteiger partial charge in [-0.15, -0.1) is 0 Å². The molecule has 0 aromatic heterocycles. The maximum atomic E-state index is 13.0. The van der Waals surface area contributed by atoms with Crippen molar-refractivity contribution in [2.24, 2.45) is 0 Å². The van der Waals surface area contributed by atoms with Crippen LogP contribution in [-0.2, 0) is 10.0 Å². The summed E-state index contributed by atoms with van der Waals surface area (Å²) in [4.78, 5) is 0.324. The average molecular weight is 331 g/mol. The Balaban J connectivity index is 2.42. The quantitative estimate of drug-likeness (QED) is 0.923. The van der Waals surface area contributed by atoms with E-state index in [9.17, 15) is 8.42 Å². The average Bonchev–Trinajstić information content (AvgIpc) is 2.49. The summed E-state index contributed by atoms with van der Waals surface area (Å²) in [5.41, 5.74) is 0.626. The fraction of sp³-hybridized carbons (Fsp3) is 0.600. The minimum atomic E-state index is -3.51. The van der Waals surface area contributed by atoms with Crippen LogP contribution in [0.15, 0.2) is 23.1 Å². The van der Waals surface area contributed by atoms with Gasteiger partial charge in [0.05, 0.1) is 4.90 Å². The van der Waals surface area contributed by atoms with Gasteiger partial charge in [-0.25, -0.2) is 8.42 Å². The third kappa shape index (κ3) is 3.26. The first-order valence-corrected chi connectivity index (χ1v) is 9.23. The van der Waals surface area contributed by atoms with Crippen molar-refractivity contribution in [2.75, 3.05) is 13.1 Å². The number of hydrogen-bond donors (Lipinski definition) is 1. The molecule has 1 N–H and O–H groups in total. The number of piperazine rings is 1. The zero-order chi connectivity index (χ0) is 15.6. The van der Waals surface area contributed by atoms with Crippen LogP contribution < -0.4 is 5.32 Å². The van der Waals surface area contributed by atoms with E-state index in [2.05, 4.69) is 12.2 Å². The summed E-state index contributed by atoms with van der Waals surface area (Å²) < 4.78 is 27.7. The molecular weight excluding hydrogens is 308 g/mol. The zero-order valence-electron chi connectivity index (χ0n) is 12.8. The Morgan fingerprint density at radius 1 is 1.33 bits per heavy atom. The maximum Gasteiger partial charge on any atom is 0.243 e. The molecule has 0 bridgehead atoms. The van der Waals surface area contributed by atoms with Gasteiger partial charge in [-0.2, -0.15) is 4.31 Å². The highest BCUT2D eigenvalue weighted by atomic mass is 35.5. The second kappa shape index (κ2) is 6.65. The predicted octanol–water partition coefficient (Wildman–Crippen LogP) is 2.80. The Hall–Kier alpha value is -0.620. The van der Waals surface area contributed by atoms with E-state index in [0.29, 0.717) is 28.6 Å². The smallest absolute Gasteiger partial charge is 0.243 e. The molecule has 2 unspecified atom stereocenters. The van der Waals surface area contributed by atoms with Crippen LogP contribution in [0.1, 0.15) is 32.3 Å². The minimum absolute atomic E-state index is 0.00354. The molecule has 0 spiro atoms. The maximum absolute atomic E-state index is 13.0. The van der Waals surface area contributed by atoms with E-state index in [0.717, 1.165) is 12.8 Å². The van der Waals surface area contributed by atoms with Crippen LogP contribution >= 0.6 is 11.6 Å². The third-order valence-corrected chi connectivity index (χ3v) is 6.69. The normalized spacial score (nSPS) is 24.2. The monoisotopic (exact) mass is 330 g/mol. The van der Waals surface area contributed by atoms with Gasteiger partial charge in [0.25, 0.3) is 0 Å². The second-order valence-electron chi connectivity index (χ2n) is 5.51. The molecule has 1 heterocycles. The fourth-order valence-corrected chi connectivity index (χ4v) is 4.97. The zero-order valence-corrected chi connectivity index (χ0v) is 14.3. The molecule has 1 aromatic carbocycles. The topological polar surface area (TPSA) is 49.4 Å². The van der Waals surface area contributed by atoms with Crippen molar-refractivity contribution in [2.45, 2.75) is 50.6 Å². The molecule has 0 amide bonds. The third-order valence-electron chi connectivity index (χ3n) is 4.22. The first kappa shape index (κ1) is 16.7. The molecule has 0 saturated carbocycles. The van der Waals surface area contributed by atoms with E-state index in [-0.39, 0.29) is 12.1 Å². The van der Waals surface area contributed by atoms with Gasteiger partial charge in [0.2, 0.25) is 10.0 Å². The lowest BCUT2D eigenvalue weighted by molar-refractivity contribution is 0.215. The summed E-state index contributed by atoms with van der Waals surface area (Å²) in [6, 6.07) is 5.27. The summed E-state index contributed by atoms with van der Waals surface area (Å²) in [5.74, 6) is 0. The van der Waals surface area contributed by atoms with Gasteiger partial charge in [-0.1, -0.05) is 31.5 Å². The lowest BCUT2D eigenvalue weighted by atomic mass is 10.1. The predicted molar refractivity (Wildman–Crippen MR) is 86.2 cm³/mol. The number of rotatable bonds is 4. The van der Waals surface area contributed by atoms with Crippen LogP contribution in [0.5, 0.6) is 0 Å². The molecule has 118 valence electrons. The summed E-state index contributed by atoms with van der Waals surface area (Å²) in [7, 11) is -3.51. The van der Waals surface area contributed by atoms with Crippen molar-refractivity contribution in [3.05, 3.63) is 28.8 Å². The number of halogens is 1. The van der Waals surface area contributed by atoms with Gasteiger partial charge in [0.1, 0.15) is 0 Å². The van der Waals surface area contributed by atoms with E-state index in [4.69, 9.17) is 11.6 Å². The van der Waals surface area contributed by atoms with Crippen LogP contribution in [0.3, 0.4) is 0 Å². The highest BCUT2D eigenvalue weighted by Crippen LogP contribution is 2.28. The summed E-state index contributed by atoms with van der Waals surface area (Å²) in [5, 5.41) is 3.91.